The first-order valence-corrected chi connectivity index (χ1v) is 14.7. The van der Waals surface area contributed by atoms with Gasteiger partial charge in [0.2, 0.25) is 0 Å². The fourth-order valence-corrected chi connectivity index (χ4v) is 8.21. The van der Waals surface area contributed by atoms with E-state index in [0.29, 0.717) is 31.3 Å². The number of likely N-dealkylation sites (tertiary alicyclic amines) is 1. The number of aryl methyl sites for hydroxylation is 2. The van der Waals surface area contributed by atoms with Crippen LogP contribution < -0.4 is 5.32 Å². The van der Waals surface area contributed by atoms with Crippen LogP contribution in [-0.2, 0) is 18.3 Å². The monoisotopic (exact) mass is 550 g/mol. The highest BCUT2D eigenvalue weighted by molar-refractivity contribution is 7.14. The molecule has 3 aromatic rings. The number of hydrogen-bond donors (Lipinski definition) is 2. The third kappa shape index (κ3) is 4.44. The summed E-state index contributed by atoms with van der Waals surface area (Å²) in [5, 5.41) is 31.0. The smallest absolute Gasteiger partial charge is 0.263 e. The van der Waals surface area contributed by atoms with Crippen LogP contribution in [0.15, 0.2) is 29.8 Å². The molecule has 4 atom stereocenters. The van der Waals surface area contributed by atoms with Gasteiger partial charge >= 0.3 is 0 Å². The van der Waals surface area contributed by atoms with Gasteiger partial charge in [0.05, 0.1) is 16.4 Å². The Bertz CT molecular complexity index is 1350. The van der Waals surface area contributed by atoms with E-state index < -0.39 is 5.41 Å². The number of carbonyl (C=O) groups is 1. The van der Waals surface area contributed by atoms with E-state index in [1.54, 1.807) is 41.7 Å². The maximum Gasteiger partial charge on any atom is 0.263 e. The second kappa shape index (κ2) is 10.6. The van der Waals surface area contributed by atoms with Gasteiger partial charge in [-0.2, -0.15) is 10.5 Å². The van der Waals surface area contributed by atoms with Gasteiger partial charge in [-0.05, 0) is 73.7 Å². The molecule has 2 N–H and O–H groups in total. The minimum atomic E-state index is -0.630. The lowest BCUT2D eigenvalue weighted by molar-refractivity contribution is 0.0832. The maximum atomic E-state index is 12.9. The van der Waals surface area contributed by atoms with Gasteiger partial charge in [0, 0.05) is 42.1 Å². The van der Waals surface area contributed by atoms with Gasteiger partial charge in [-0.15, -0.1) is 32.9 Å². The average molecular weight is 551 g/mol. The molecule has 1 amide bonds. The first-order chi connectivity index (χ1) is 18.3. The van der Waals surface area contributed by atoms with Crippen molar-refractivity contribution >= 4 is 28.6 Å². The number of amides is 1. The van der Waals surface area contributed by atoms with Gasteiger partial charge in [-0.25, -0.2) is 0 Å². The predicted octanol–water partition coefficient (Wildman–Crippen LogP) is 3.57. The molecule has 0 bridgehead atoms. The lowest BCUT2D eigenvalue weighted by Crippen LogP contribution is -2.39. The third-order valence-electron chi connectivity index (χ3n) is 8.11. The Balaban J connectivity index is 1.46. The van der Waals surface area contributed by atoms with E-state index in [1.807, 2.05) is 0 Å². The zero-order valence-corrected chi connectivity index (χ0v) is 24.0. The topological polar surface area (TPSA) is 114 Å². The van der Waals surface area contributed by atoms with E-state index in [9.17, 15) is 10.1 Å². The molecule has 1 aliphatic carbocycles. The quantitative estimate of drug-likeness (QED) is 0.412. The molecule has 11 heteroatoms. The van der Waals surface area contributed by atoms with Gasteiger partial charge in [-0.3, -0.25) is 4.79 Å². The van der Waals surface area contributed by atoms with Crippen LogP contribution >= 0.6 is 22.7 Å². The van der Waals surface area contributed by atoms with Crippen LogP contribution in [0.2, 0.25) is 0 Å². The number of nitriles is 1. The number of H-pyrrole nitrogens is 1. The Morgan fingerprint density at radius 3 is 2.84 bits per heavy atom. The Kier molecular flexibility index (Phi) is 7.40. The number of rotatable bonds is 8. The standard InChI is InChI=1S/C27H34N8OS2/c1-16-12-19(14-28)35(18(16)3)17(2)15-29-10-9-27(26-30-32-33-31-26)20-8-11-37-22(20)6-7-23-21(27)13-24(38-23)25(36)34(4)5/h8,11,13,16,18-19,29H,2,6-7,9-10,12,15H2,1,3-5H3,(H,30,31,32,33)/t16-,18?,19?,27?/m0/s1. The maximum absolute atomic E-state index is 12.9. The molecule has 0 saturated carbocycles. The summed E-state index contributed by atoms with van der Waals surface area (Å²) in [5.41, 5.74) is 2.60. The van der Waals surface area contributed by atoms with Crippen molar-refractivity contribution in [1.82, 2.24) is 35.7 Å². The number of aromatic nitrogens is 4. The summed E-state index contributed by atoms with van der Waals surface area (Å²) in [6.45, 7) is 9.96. The molecule has 0 radical (unpaired) electrons. The van der Waals surface area contributed by atoms with E-state index in [0.717, 1.165) is 35.4 Å². The molecule has 0 spiro atoms. The largest absolute Gasteiger partial charge is 0.355 e. The Morgan fingerprint density at radius 2 is 2.13 bits per heavy atom. The summed E-state index contributed by atoms with van der Waals surface area (Å²) in [6, 6.07) is 6.84. The Hall–Kier alpha value is -3.07. The number of carbonyl (C=O) groups excluding carboxylic acids is 1. The number of tetrazole rings is 1. The molecular formula is C27H34N8OS2. The van der Waals surface area contributed by atoms with Crippen molar-refractivity contribution in [1.29, 1.82) is 5.26 Å². The van der Waals surface area contributed by atoms with Gasteiger partial charge in [0.25, 0.3) is 5.91 Å². The van der Waals surface area contributed by atoms with Crippen LogP contribution in [0.1, 0.15) is 63.1 Å². The molecule has 5 rings (SSSR count). The molecule has 1 saturated heterocycles. The van der Waals surface area contributed by atoms with Crippen molar-refractivity contribution < 1.29 is 4.79 Å². The molecule has 1 fully saturated rings. The lowest BCUT2D eigenvalue weighted by Gasteiger charge is -2.32. The highest BCUT2D eigenvalue weighted by Gasteiger charge is 2.46. The molecule has 3 aromatic heterocycles. The molecule has 0 aromatic carbocycles. The summed E-state index contributed by atoms with van der Waals surface area (Å²) in [6.07, 6.45) is 3.35. The fraction of sp³-hybridized carbons (Fsp3) is 0.519. The summed E-state index contributed by atoms with van der Waals surface area (Å²) >= 11 is 3.34. The second-order valence-corrected chi connectivity index (χ2v) is 12.7. The van der Waals surface area contributed by atoms with Crippen LogP contribution in [-0.4, -0.2) is 75.6 Å². The molecule has 9 nitrogen and oxygen atoms in total. The van der Waals surface area contributed by atoms with Crippen molar-refractivity contribution in [3.8, 4) is 6.07 Å². The van der Waals surface area contributed by atoms with Crippen LogP contribution in [0.5, 0.6) is 0 Å². The first-order valence-electron chi connectivity index (χ1n) is 13.0. The number of nitrogens with zero attached hydrogens (tertiary/aromatic N) is 6. The van der Waals surface area contributed by atoms with E-state index in [1.165, 1.54) is 15.3 Å². The van der Waals surface area contributed by atoms with Gasteiger partial charge in [-0.1, -0.05) is 18.7 Å². The van der Waals surface area contributed by atoms with E-state index in [-0.39, 0.29) is 18.0 Å². The number of nitrogens with one attached hydrogen (secondary N) is 2. The lowest BCUT2D eigenvalue weighted by atomic mass is 9.72. The van der Waals surface area contributed by atoms with Crippen LogP contribution in [0.4, 0.5) is 0 Å². The van der Waals surface area contributed by atoms with Crippen molar-refractivity contribution in [2.24, 2.45) is 5.92 Å². The SMILES string of the molecule is C=C(CNCCC1(c2nn[nH]n2)c2ccsc2CCc2sc(C(=O)N(C)C)cc21)N1C(C#N)C[C@H](C)C1C. The Labute approximate surface area is 231 Å². The molecule has 1 aliphatic heterocycles. The van der Waals surface area contributed by atoms with Crippen molar-refractivity contribution in [3.63, 3.8) is 0 Å². The van der Waals surface area contributed by atoms with Crippen molar-refractivity contribution in [2.45, 2.75) is 57.0 Å². The summed E-state index contributed by atoms with van der Waals surface area (Å²) < 4.78 is 0. The number of fused-ring (bicyclic) bond motifs is 2. The van der Waals surface area contributed by atoms with Crippen molar-refractivity contribution in [2.75, 3.05) is 27.2 Å². The first kappa shape index (κ1) is 26.5. The third-order valence-corrected chi connectivity index (χ3v) is 10.3. The van der Waals surface area contributed by atoms with Gasteiger partial charge in [0.1, 0.15) is 6.04 Å². The minimum Gasteiger partial charge on any atom is -0.355 e. The minimum absolute atomic E-state index is 0.00561. The number of aromatic amines is 1. The average Bonchev–Trinajstić information content (AvgIpc) is 3.70. The zero-order valence-electron chi connectivity index (χ0n) is 22.3. The number of hydrogen-bond acceptors (Lipinski definition) is 9. The summed E-state index contributed by atoms with van der Waals surface area (Å²) in [7, 11) is 3.57. The fourth-order valence-electron chi connectivity index (χ4n) is 6.00. The van der Waals surface area contributed by atoms with E-state index >= 15 is 0 Å². The van der Waals surface area contributed by atoms with E-state index in [2.05, 4.69) is 74.8 Å². The predicted molar refractivity (Wildman–Crippen MR) is 149 cm³/mol. The van der Waals surface area contributed by atoms with Gasteiger partial charge in [0.15, 0.2) is 5.82 Å². The Morgan fingerprint density at radius 1 is 1.34 bits per heavy atom. The zero-order chi connectivity index (χ0) is 27.0. The highest BCUT2D eigenvalue weighted by atomic mass is 32.1. The van der Waals surface area contributed by atoms with Crippen molar-refractivity contribution in [3.05, 3.63) is 61.4 Å². The second-order valence-electron chi connectivity index (χ2n) is 10.5. The molecule has 38 heavy (non-hydrogen) atoms. The molecule has 200 valence electrons. The molecular weight excluding hydrogens is 516 g/mol. The normalized spacial score (nSPS) is 24.4. The summed E-state index contributed by atoms with van der Waals surface area (Å²) in [4.78, 5) is 20.0. The summed E-state index contributed by atoms with van der Waals surface area (Å²) in [5.74, 6) is 1.08. The van der Waals surface area contributed by atoms with Crippen LogP contribution in [0.25, 0.3) is 0 Å². The van der Waals surface area contributed by atoms with Crippen LogP contribution in [0, 0.1) is 17.2 Å². The van der Waals surface area contributed by atoms with E-state index in [4.69, 9.17) is 0 Å². The van der Waals surface area contributed by atoms with Gasteiger partial charge < -0.3 is 15.1 Å². The van der Waals surface area contributed by atoms with Crippen LogP contribution in [0.3, 0.4) is 0 Å². The number of thiophene rings is 2. The molecule has 2 aliphatic rings. The molecule has 3 unspecified atom stereocenters. The highest BCUT2D eigenvalue weighted by Crippen LogP contribution is 2.49. The molecule has 4 heterocycles.